The zero-order chi connectivity index (χ0) is 22.9. The molecule has 2 aromatic carbocycles. The van der Waals surface area contributed by atoms with E-state index in [2.05, 4.69) is 0 Å². The van der Waals surface area contributed by atoms with Gasteiger partial charge in [0.05, 0.1) is 18.6 Å². The first-order chi connectivity index (χ1) is 15.3. The van der Waals surface area contributed by atoms with Gasteiger partial charge in [0, 0.05) is 30.6 Å². The van der Waals surface area contributed by atoms with Crippen LogP contribution in [0.1, 0.15) is 6.42 Å². The Hall–Kier alpha value is -3.33. The molecule has 1 aromatic heterocycles. The standard InChI is InChI=1S/C23H23NO7S/c1-24(16-9-10-32(27,28)14-16)22(25)13-30-18-7-8-19-20(12-23(26)31-21(19)11-18)15-3-5-17(29-2)6-4-15/h3-8,11-12,16H,9-10,13-14H2,1-2H3/t16-/m1/s1. The van der Waals surface area contributed by atoms with Gasteiger partial charge in [0.25, 0.3) is 5.91 Å². The van der Waals surface area contributed by atoms with Crippen LogP contribution in [0.2, 0.25) is 0 Å². The smallest absolute Gasteiger partial charge is 0.336 e. The molecule has 1 aliphatic heterocycles. The van der Waals surface area contributed by atoms with E-state index in [1.54, 1.807) is 32.4 Å². The first kappa shape index (κ1) is 21.9. The van der Waals surface area contributed by atoms with Crippen molar-refractivity contribution < 1.29 is 27.1 Å². The minimum Gasteiger partial charge on any atom is -0.497 e. The fourth-order valence-corrected chi connectivity index (χ4v) is 5.55. The largest absolute Gasteiger partial charge is 0.497 e. The summed E-state index contributed by atoms with van der Waals surface area (Å²) in [4.78, 5) is 26.0. The van der Waals surface area contributed by atoms with Crippen molar-refractivity contribution >= 4 is 26.7 Å². The molecular weight excluding hydrogens is 434 g/mol. The van der Waals surface area contributed by atoms with Gasteiger partial charge in [0.2, 0.25) is 0 Å². The van der Waals surface area contributed by atoms with E-state index in [1.165, 1.54) is 11.0 Å². The predicted octanol–water partition coefficient (Wildman–Crippen LogP) is 2.49. The number of methoxy groups -OCH3 is 1. The summed E-state index contributed by atoms with van der Waals surface area (Å²) in [5.74, 6) is 0.830. The lowest BCUT2D eigenvalue weighted by Gasteiger charge is -2.23. The topological polar surface area (TPSA) is 103 Å². The Morgan fingerprint density at radius 3 is 2.50 bits per heavy atom. The lowest BCUT2D eigenvalue weighted by molar-refractivity contribution is -0.133. The fourth-order valence-electron chi connectivity index (χ4n) is 3.77. The number of hydrogen-bond donors (Lipinski definition) is 0. The highest BCUT2D eigenvalue weighted by Crippen LogP contribution is 2.30. The minimum atomic E-state index is -3.08. The number of amides is 1. The number of fused-ring (bicyclic) bond motifs is 1. The van der Waals surface area contributed by atoms with E-state index < -0.39 is 15.5 Å². The second-order valence-electron chi connectivity index (χ2n) is 7.72. The molecule has 32 heavy (non-hydrogen) atoms. The molecule has 168 valence electrons. The van der Waals surface area contributed by atoms with Crippen molar-refractivity contribution in [3.05, 3.63) is 59.0 Å². The van der Waals surface area contributed by atoms with Crippen LogP contribution in [0.25, 0.3) is 22.1 Å². The monoisotopic (exact) mass is 457 g/mol. The number of carbonyl (C=O) groups is 1. The maximum Gasteiger partial charge on any atom is 0.336 e. The molecule has 1 saturated heterocycles. The van der Waals surface area contributed by atoms with Gasteiger partial charge in [-0.05, 0) is 41.8 Å². The Balaban J connectivity index is 1.52. The van der Waals surface area contributed by atoms with Crippen molar-refractivity contribution in [1.82, 2.24) is 4.90 Å². The molecule has 0 unspecified atom stereocenters. The average molecular weight is 458 g/mol. The van der Waals surface area contributed by atoms with Gasteiger partial charge in [-0.15, -0.1) is 0 Å². The first-order valence-corrected chi connectivity index (χ1v) is 11.9. The van der Waals surface area contributed by atoms with Gasteiger partial charge in [-0.2, -0.15) is 0 Å². The number of sulfone groups is 1. The van der Waals surface area contributed by atoms with E-state index in [1.807, 2.05) is 24.3 Å². The Bertz CT molecular complexity index is 1310. The van der Waals surface area contributed by atoms with Gasteiger partial charge in [0.1, 0.15) is 17.1 Å². The van der Waals surface area contributed by atoms with Crippen molar-refractivity contribution in [3.63, 3.8) is 0 Å². The predicted molar refractivity (Wildman–Crippen MR) is 120 cm³/mol. The molecule has 1 atom stereocenters. The third-order valence-electron chi connectivity index (χ3n) is 5.63. The van der Waals surface area contributed by atoms with Gasteiger partial charge in [-0.25, -0.2) is 13.2 Å². The molecule has 0 spiro atoms. The maximum absolute atomic E-state index is 12.4. The third kappa shape index (κ3) is 4.62. The molecule has 2 heterocycles. The first-order valence-electron chi connectivity index (χ1n) is 10.1. The Morgan fingerprint density at radius 1 is 1.12 bits per heavy atom. The number of hydrogen-bond acceptors (Lipinski definition) is 7. The van der Waals surface area contributed by atoms with Crippen LogP contribution in [0.3, 0.4) is 0 Å². The van der Waals surface area contributed by atoms with Crippen molar-refractivity contribution in [1.29, 1.82) is 0 Å². The van der Waals surface area contributed by atoms with Crippen molar-refractivity contribution in [2.24, 2.45) is 0 Å². The normalized spacial score (nSPS) is 17.2. The van der Waals surface area contributed by atoms with E-state index >= 15 is 0 Å². The summed E-state index contributed by atoms with van der Waals surface area (Å²) in [5.41, 5.74) is 1.38. The number of likely N-dealkylation sites (N-methyl/N-ethyl adjacent to an activating group) is 1. The van der Waals surface area contributed by atoms with Crippen LogP contribution in [0, 0.1) is 0 Å². The molecule has 1 fully saturated rings. The molecule has 0 aliphatic carbocycles. The van der Waals surface area contributed by atoms with Gasteiger partial charge in [-0.1, -0.05) is 12.1 Å². The number of nitrogens with zero attached hydrogens (tertiary/aromatic N) is 1. The van der Waals surface area contributed by atoms with Gasteiger partial charge in [0.15, 0.2) is 16.4 Å². The fraction of sp³-hybridized carbons (Fsp3) is 0.304. The van der Waals surface area contributed by atoms with Crippen LogP contribution in [0.5, 0.6) is 11.5 Å². The highest BCUT2D eigenvalue weighted by molar-refractivity contribution is 7.91. The lowest BCUT2D eigenvalue weighted by Crippen LogP contribution is -2.40. The quantitative estimate of drug-likeness (QED) is 0.524. The van der Waals surface area contributed by atoms with Crippen LogP contribution >= 0.6 is 0 Å². The third-order valence-corrected chi connectivity index (χ3v) is 7.38. The van der Waals surface area contributed by atoms with Crippen molar-refractivity contribution in [2.45, 2.75) is 12.5 Å². The summed E-state index contributed by atoms with van der Waals surface area (Å²) in [5, 5.41) is 0.724. The van der Waals surface area contributed by atoms with Crippen LogP contribution in [-0.2, 0) is 14.6 Å². The zero-order valence-corrected chi connectivity index (χ0v) is 18.6. The molecule has 0 radical (unpaired) electrons. The minimum absolute atomic E-state index is 0.0233. The SMILES string of the molecule is COc1ccc(-c2cc(=O)oc3cc(OCC(=O)N(C)[C@@H]4CCS(=O)(=O)C4)ccc23)cc1. The second-order valence-corrected chi connectivity index (χ2v) is 9.94. The van der Waals surface area contributed by atoms with Crippen LogP contribution in [0.4, 0.5) is 0 Å². The van der Waals surface area contributed by atoms with Crippen molar-refractivity contribution in [2.75, 3.05) is 32.3 Å². The van der Waals surface area contributed by atoms with E-state index in [9.17, 15) is 18.0 Å². The van der Waals surface area contributed by atoms with Crippen LogP contribution in [0.15, 0.2) is 57.7 Å². The lowest BCUT2D eigenvalue weighted by atomic mass is 10.0. The van der Waals surface area contributed by atoms with E-state index in [0.717, 1.165) is 10.9 Å². The highest BCUT2D eigenvalue weighted by Gasteiger charge is 2.32. The number of carbonyl (C=O) groups excluding carboxylic acids is 1. The summed E-state index contributed by atoms with van der Waals surface area (Å²) >= 11 is 0. The number of rotatable bonds is 6. The van der Waals surface area contributed by atoms with Crippen LogP contribution in [-0.4, -0.2) is 57.5 Å². The van der Waals surface area contributed by atoms with Gasteiger partial charge >= 0.3 is 5.63 Å². The summed E-state index contributed by atoms with van der Waals surface area (Å²) in [6.07, 6.45) is 0.430. The summed E-state index contributed by atoms with van der Waals surface area (Å²) in [6, 6.07) is 13.5. The molecular formula is C23H23NO7S. The number of ether oxygens (including phenoxy) is 2. The average Bonchev–Trinajstić information content (AvgIpc) is 3.15. The van der Waals surface area contributed by atoms with E-state index in [-0.39, 0.29) is 30.1 Å². The zero-order valence-electron chi connectivity index (χ0n) is 17.7. The summed E-state index contributed by atoms with van der Waals surface area (Å²) in [6.45, 7) is -0.249. The molecule has 9 heteroatoms. The number of benzene rings is 2. The molecule has 0 saturated carbocycles. The molecule has 0 bridgehead atoms. The Kier molecular flexibility index (Phi) is 5.92. The molecule has 3 aromatic rings. The summed E-state index contributed by atoms with van der Waals surface area (Å²) in [7, 11) is 0.0814. The molecule has 1 aliphatic rings. The van der Waals surface area contributed by atoms with E-state index in [0.29, 0.717) is 29.1 Å². The molecule has 8 nitrogen and oxygen atoms in total. The van der Waals surface area contributed by atoms with Crippen molar-refractivity contribution in [3.8, 4) is 22.6 Å². The Morgan fingerprint density at radius 2 is 1.84 bits per heavy atom. The molecule has 4 rings (SSSR count). The Labute approximate surface area is 185 Å². The molecule has 0 N–H and O–H groups in total. The summed E-state index contributed by atoms with van der Waals surface area (Å²) < 4.78 is 39.4. The van der Waals surface area contributed by atoms with Gasteiger partial charge < -0.3 is 18.8 Å². The second kappa shape index (κ2) is 8.66. The van der Waals surface area contributed by atoms with Gasteiger partial charge in [-0.3, -0.25) is 4.79 Å². The van der Waals surface area contributed by atoms with Crippen LogP contribution < -0.4 is 15.1 Å². The maximum atomic E-state index is 12.4. The van der Waals surface area contributed by atoms with E-state index in [4.69, 9.17) is 13.9 Å². The molecule has 1 amide bonds. The highest BCUT2D eigenvalue weighted by atomic mass is 32.2.